The summed E-state index contributed by atoms with van der Waals surface area (Å²) in [6.45, 7) is 3.96. The molecule has 2 saturated heterocycles. The average molecular weight is 413 g/mol. The lowest BCUT2D eigenvalue weighted by atomic mass is 9.74. The van der Waals surface area contributed by atoms with Gasteiger partial charge in [-0.15, -0.1) is 0 Å². The maximum absolute atomic E-state index is 13.4. The molecule has 4 nitrogen and oxygen atoms in total. The Morgan fingerprint density at radius 2 is 1.79 bits per heavy atom. The number of carbonyl (C=O) groups excluding carboxylic acids is 1. The fourth-order valence-electron chi connectivity index (χ4n) is 4.66. The third-order valence-electron chi connectivity index (χ3n) is 6.36. The van der Waals surface area contributed by atoms with Gasteiger partial charge >= 0.3 is 0 Å². The van der Waals surface area contributed by atoms with Crippen LogP contribution in [-0.4, -0.2) is 43.7 Å². The van der Waals surface area contributed by atoms with E-state index in [1.54, 1.807) is 0 Å². The van der Waals surface area contributed by atoms with Crippen LogP contribution < -0.4 is 5.32 Å². The number of nitrogens with zero attached hydrogens (tertiary/aromatic N) is 1. The molecule has 0 spiro atoms. The van der Waals surface area contributed by atoms with E-state index >= 15 is 0 Å². The fraction of sp³-hybridized carbons (Fsp3) is 0.458. The van der Waals surface area contributed by atoms with E-state index in [1.165, 1.54) is 5.56 Å². The number of halogens is 1. The van der Waals surface area contributed by atoms with Crippen molar-refractivity contribution < 1.29 is 9.53 Å². The normalized spacial score (nSPS) is 20.3. The number of rotatable bonds is 6. The number of amides is 1. The molecular formula is C24H29ClN2O2. The number of likely N-dealkylation sites (tertiary alicyclic amines) is 1. The molecular weight excluding hydrogens is 384 g/mol. The average Bonchev–Trinajstić information content (AvgIpc) is 3.28. The smallest absolute Gasteiger partial charge is 0.241 e. The molecule has 0 aliphatic carbocycles. The summed E-state index contributed by atoms with van der Waals surface area (Å²) in [4.78, 5) is 15.7. The lowest BCUT2D eigenvalue weighted by Gasteiger charge is -2.39. The second kappa shape index (κ2) is 9.29. The largest absolute Gasteiger partial charge is 0.381 e. The van der Waals surface area contributed by atoms with Gasteiger partial charge in [-0.1, -0.05) is 54.1 Å². The molecule has 0 bridgehead atoms. The molecule has 1 unspecified atom stereocenters. The highest BCUT2D eigenvalue weighted by molar-refractivity contribution is 6.30. The van der Waals surface area contributed by atoms with Gasteiger partial charge in [0.25, 0.3) is 0 Å². The molecule has 29 heavy (non-hydrogen) atoms. The third kappa shape index (κ3) is 4.66. The lowest BCUT2D eigenvalue weighted by molar-refractivity contribution is -0.126. The van der Waals surface area contributed by atoms with E-state index in [2.05, 4.69) is 28.4 Å². The number of carbonyl (C=O) groups is 1. The first kappa shape index (κ1) is 20.4. The minimum atomic E-state index is -0.227. The predicted molar refractivity (Wildman–Crippen MR) is 116 cm³/mol. The van der Waals surface area contributed by atoms with E-state index < -0.39 is 0 Å². The number of nitrogens with one attached hydrogen (secondary N) is 1. The van der Waals surface area contributed by atoms with Crippen LogP contribution in [0.3, 0.4) is 0 Å². The highest BCUT2D eigenvalue weighted by Gasteiger charge is 2.37. The van der Waals surface area contributed by atoms with Gasteiger partial charge in [-0.2, -0.15) is 0 Å². The summed E-state index contributed by atoms with van der Waals surface area (Å²) in [6, 6.07) is 18.0. The maximum Gasteiger partial charge on any atom is 0.241 e. The van der Waals surface area contributed by atoms with E-state index in [9.17, 15) is 4.79 Å². The number of hydrogen-bond donors (Lipinski definition) is 1. The Morgan fingerprint density at radius 1 is 1.07 bits per heavy atom. The Kier molecular flexibility index (Phi) is 6.53. The van der Waals surface area contributed by atoms with Crippen molar-refractivity contribution in [3.63, 3.8) is 0 Å². The van der Waals surface area contributed by atoms with Crippen LogP contribution in [0.4, 0.5) is 0 Å². The van der Waals surface area contributed by atoms with Crippen molar-refractivity contribution >= 4 is 17.5 Å². The van der Waals surface area contributed by atoms with Gasteiger partial charge in [-0.25, -0.2) is 0 Å². The van der Waals surface area contributed by atoms with Crippen molar-refractivity contribution in [3.8, 4) is 0 Å². The van der Waals surface area contributed by atoms with Gasteiger partial charge < -0.3 is 10.1 Å². The highest BCUT2D eigenvalue weighted by atomic mass is 35.5. The van der Waals surface area contributed by atoms with Crippen molar-refractivity contribution in [2.75, 3.05) is 32.8 Å². The summed E-state index contributed by atoms with van der Waals surface area (Å²) >= 11 is 6.28. The molecule has 0 radical (unpaired) electrons. The molecule has 1 amide bonds. The Labute approximate surface area is 178 Å². The lowest BCUT2D eigenvalue weighted by Crippen LogP contribution is -2.47. The second-order valence-electron chi connectivity index (χ2n) is 8.18. The summed E-state index contributed by atoms with van der Waals surface area (Å²) in [7, 11) is 0. The van der Waals surface area contributed by atoms with Crippen LogP contribution in [0.1, 0.15) is 42.9 Å². The summed E-state index contributed by atoms with van der Waals surface area (Å²) in [5.74, 6) is 0.0889. The molecule has 2 aliphatic rings. The zero-order valence-electron chi connectivity index (χ0n) is 16.8. The van der Waals surface area contributed by atoms with Crippen molar-refractivity contribution in [1.82, 2.24) is 10.2 Å². The maximum atomic E-state index is 13.4. The fourth-order valence-corrected chi connectivity index (χ4v) is 4.85. The number of ether oxygens (including phenoxy) is 1. The van der Waals surface area contributed by atoms with Crippen LogP contribution in [0.15, 0.2) is 54.6 Å². The van der Waals surface area contributed by atoms with Crippen LogP contribution in [0.25, 0.3) is 0 Å². The Balaban J connectivity index is 1.55. The Hall–Kier alpha value is -1.88. The van der Waals surface area contributed by atoms with Crippen molar-refractivity contribution in [3.05, 3.63) is 70.7 Å². The van der Waals surface area contributed by atoms with E-state index in [-0.39, 0.29) is 17.4 Å². The molecule has 5 heteroatoms. The molecule has 4 rings (SSSR count). The van der Waals surface area contributed by atoms with E-state index in [1.807, 2.05) is 36.4 Å². The summed E-state index contributed by atoms with van der Waals surface area (Å²) in [5, 5.41) is 4.04. The first-order chi connectivity index (χ1) is 14.2. The summed E-state index contributed by atoms with van der Waals surface area (Å²) < 4.78 is 5.63. The highest BCUT2D eigenvalue weighted by Crippen LogP contribution is 2.36. The molecule has 1 N–H and O–H groups in total. The van der Waals surface area contributed by atoms with Gasteiger partial charge in [-0.3, -0.25) is 9.69 Å². The van der Waals surface area contributed by atoms with Gasteiger partial charge in [0.15, 0.2) is 0 Å². The Bertz CT molecular complexity index is 815. The van der Waals surface area contributed by atoms with Crippen LogP contribution in [-0.2, 0) is 14.9 Å². The molecule has 1 atom stereocenters. The first-order valence-corrected chi connectivity index (χ1v) is 11.0. The molecule has 2 aliphatic heterocycles. The first-order valence-electron chi connectivity index (χ1n) is 10.6. The zero-order valence-corrected chi connectivity index (χ0v) is 17.5. The second-order valence-corrected chi connectivity index (χ2v) is 8.61. The van der Waals surface area contributed by atoms with Crippen molar-refractivity contribution in [1.29, 1.82) is 0 Å². The molecule has 2 aromatic carbocycles. The number of benzene rings is 2. The Morgan fingerprint density at radius 3 is 2.48 bits per heavy atom. The molecule has 0 aromatic heterocycles. The minimum absolute atomic E-state index is 0.0889. The quantitative estimate of drug-likeness (QED) is 0.767. The summed E-state index contributed by atoms with van der Waals surface area (Å²) in [6.07, 6.45) is 4.07. The minimum Gasteiger partial charge on any atom is -0.381 e. The summed E-state index contributed by atoms with van der Waals surface area (Å²) in [5.41, 5.74) is 2.12. The number of hydrogen-bond acceptors (Lipinski definition) is 3. The van der Waals surface area contributed by atoms with E-state index in [0.717, 1.165) is 49.4 Å². The van der Waals surface area contributed by atoms with Gasteiger partial charge in [-0.05, 0) is 62.0 Å². The standard InChI is InChI=1S/C24H29ClN2O2/c25-21-10-6-9-20(17-21)24(11-15-29-16-12-24)18-26-23(28)22(27-13-4-5-14-27)19-7-2-1-3-8-19/h1-3,6-10,17,22H,4-5,11-16,18H2,(H,26,28). The van der Waals surface area contributed by atoms with Gasteiger partial charge in [0.1, 0.15) is 6.04 Å². The van der Waals surface area contributed by atoms with Crippen LogP contribution in [0, 0.1) is 0 Å². The van der Waals surface area contributed by atoms with Gasteiger partial charge in [0.05, 0.1) is 0 Å². The van der Waals surface area contributed by atoms with Gasteiger partial charge in [0, 0.05) is 30.2 Å². The molecule has 2 aromatic rings. The van der Waals surface area contributed by atoms with Crippen LogP contribution in [0.5, 0.6) is 0 Å². The molecule has 0 saturated carbocycles. The molecule has 154 valence electrons. The topological polar surface area (TPSA) is 41.6 Å². The van der Waals surface area contributed by atoms with Crippen molar-refractivity contribution in [2.45, 2.75) is 37.1 Å². The SMILES string of the molecule is O=C(NCC1(c2cccc(Cl)c2)CCOCC1)C(c1ccccc1)N1CCCC1. The molecule has 2 fully saturated rings. The predicted octanol–water partition coefficient (Wildman–Crippen LogP) is 4.34. The third-order valence-corrected chi connectivity index (χ3v) is 6.59. The van der Waals surface area contributed by atoms with Crippen molar-refractivity contribution in [2.24, 2.45) is 0 Å². The molecule has 2 heterocycles. The monoisotopic (exact) mass is 412 g/mol. The van der Waals surface area contributed by atoms with Crippen LogP contribution >= 0.6 is 11.6 Å². The van der Waals surface area contributed by atoms with E-state index in [0.29, 0.717) is 19.8 Å². The zero-order chi connectivity index (χ0) is 20.1. The van der Waals surface area contributed by atoms with Gasteiger partial charge in [0.2, 0.25) is 5.91 Å². The van der Waals surface area contributed by atoms with E-state index in [4.69, 9.17) is 16.3 Å². The van der Waals surface area contributed by atoms with Crippen LogP contribution in [0.2, 0.25) is 5.02 Å².